The van der Waals surface area contributed by atoms with Crippen LogP contribution in [0.4, 0.5) is 4.79 Å². The average molecular weight is 369 g/mol. The highest BCUT2D eigenvalue weighted by Crippen LogP contribution is 2.29. The molecule has 0 saturated carbocycles. The number of piperidine rings is 1. The second kappa shape index (κ2) is 7.82. The van der Waals surface area contributed by atoms with Crippen molar-refractivity contribution < 1.29 is 24.2 Å². The molecule has 0 spiro atoms. The van der Waals surface area contributed by atoms with Gasteiger partial charge >= 0.3 is 12.1 Å². The van der Waals surface area contributed by atoms with E-state index in [2.05, 4.69) is 4.90 Å². The first-order chi connectivity index (χ1) is 12.0. The zero-order chi connectivity index (χ0) is 19.6. The monoisotopic (exact) mass is 369 g/mol. The van der Waals surface area contributed by atoms with Crippen LogP contribution in [0.1, 0.15) is 40.0 Å². The van der Waals surface area contributed by atoms with Gasteiger partial charge in [-0.25, -0.2) is 9.59 Å². The summed E-state index contributed by atoms with van der Waals surface area (Å²) in [6.45, 7) is 7.18. The highest BCUT2D eigenvalue weighted by atomic mass is 16.6. The highest BCUT2D eigenvalue weighted by molar-refractivity contribution is 5.89. The Balaban J connectivity index is 2.17. The van der Waals surface area contributed by atoms with Gasteiger partial charge in [0.1, 0.15) is 11.6 Å². The third-order valence-electron chi connectivity index (χ3n) is 5.09. The third-order valence-corrected chi connectivity index (χ3v) is 5.09. The van der Waals surface area contributed by atoms with E-state index in [1.165, 1.54) is 4.90 Å². The van der Waals surface area contributed by atoms with Gasteiger partial charge in [0.15, 0.2) is 0 Å². The van der Waals surface area contributed by atoms with E-state index in [0.29, 0.717) is 12.8 Å². The summed E-state index contributed by atoms with van der Waals surface area (Å²) in [5, 5.41) is 9.74. The van der Waals surface area contributed by atoms with Crippen LogP contribution in [-0.2, 0) is 14.3 Å². The minimum atomic E-state index is -1.19. The quantitative estimate of drug-likeness (QED) is 0.805. The molecule has 148 valence electrons. The van der Waals surface area contributed by atoms with Gasteiger partial charge in [-0.15, -0.1) is 0 Å². The Morgan fingerprint density at radius 1 is 1.15 bits per heavy atom. The Labute approximate surface area is 155 Å². The first-order valence-electron chi connectivity index (χ1n) is 9.19. The van der Waals surface area contributed by atoms with Crippen LogP contribution >= 0.6 is 0 Å². The molecule has 3 atom stereocenters. The second-order valence-corrected chi connectivity index (χ2v) is 8.36. The van der Waals surface area contributed by atoms with Crippen LogP contribution in [0.3, 0.4) is 0 Å². The fourth-order valence-electron chi connectivity index (χ4n) is 3.75. The average Bonchev–Trinajstić information content (AvgIpc) is 2.97. The summed E-state index contributed by atoms with van der Waals surface area (Å²) in [4.78, 5) is 42.4. The number of likely N-dealkylation sites (N-methyl/N-ethyl adjacent to an activating group) is 2. The topological polar surface area (TPSA) is 90.4 Å². The van der Waals surface area contributed by atoms with E-state index in [9.17, 15) is 19.5 Å². The first kappa shape index (κ1) is 20.5. The fraction of sp³-hybridized carbons (Fsp3) is 0.833. The Kier molecular flexibility index (Phi) is 6.16. The predicted molar refractivity (Wildman–Crippen MR) is 95.8 cm³/mol. The lowest BCUT2D eigenvalue weighted by Gasteiger charge is -2.40. The number of carbonyl (C=O) groups is 3. The molecule has 0 aromatic carbocycles. The Bertz CT molecular complexity index is 560. The minimum absolute atomic E-state index is 0.0823. The van der Waals surface area contributed by atoms with Crippen molar-refractivity contribution in [3.8, 4) is 0 Å². The molecule has 0 aromatic heterocycles. The van der Waals surface area contributed by atoms with Crippen LogP contribution in [0, 0.1) is 5.92 Å². The highest BCUT2D eigenvalue weighted by Gasteiger charge is 2.46. The molecular formula is C18H31N3O5. The van der Waals surface area contributed by atoms with Gasteiger partial charge in [0.05, 0.1) is 5.92 Å². The van der Waals surface area contributed by atoms with E-state index in [4.69, 9.17) is 4.74 Å². The molecule has 0 radical (unpaired) electrons. The van der Waals surface area contributed by atoms with Crippen molar-refractivity contribution in [2.75, 3.05) is 33.7 Å². The SMILES string of the molecule is CN1CCC(N(C)C(=O)[C@H]2CCCN(C(=O)OC(C)(C)C)[C@H]2C(=O)O)C1. The largest absolute Gasteiger partial charge is 0.480 e. The van der Waals surface area contributed by atoms with E-state index in [1.807, 2.05) is 7.05 Å². The Hall–Kier alpha value is -1.83. The van der Waals surface area contributed by atoms with Crippen LogP contribution in [0.5, 0.6) is 0 Å². The zero-order valence-corrected chi connectivity index (χ0v) is 16.4. The van der Waals surface area contributed by atoms with Crippen LogP contribution in [0.15, 0.2) is 0 Å². The van der Waals surface area contributed by atoms with Crippen molar-refractivity contribution in [3.63, 3.8) is 0 Å². The van der Waals surface area contributed by atoms with Crippen molar-refractivity contribution in [2.24, 2.45) is 5.92 Å². The number of hydrogen-bond donors (Lipinski definition) is 1. The number of carbonyl (C=O) groups excluding carboxylic acids is 2. The maximum Gasteiger partial charge on any atom is 0.411 e. The molecule has 1 N–H and O–H groups in total. The van der Waals surface area contributed by atoms with Crippen LogP contribution in [0.25, 0.3) is 0 Å². The number of nitrogens with zero attached hydrogens (tertiary/aromatic N) is 3. The summed E-state index contributed by atoms with van der Waals surface area (Å²) in [7, 11) is 3.74. The smallest absolute Gasteiger partial charge is 0.411 e. The minimum Gasteiger partial charge on any atom is -0.480 e. The van der Waals surface area contributed by atoms with Gasteiger partial charge < -0.3 is 19.6 Å². The zero-order valence-electron chi connectivity index (χ0n) is 16.4. The van der Waals surface area contributed by atoms with E-state index >= 15 is 0 Å². The number of hydrogen-bond acceptors (Lipinski definition) is 5. The van der Waals surface area contributed by atoms with Gasteiger partial charge in [0, 0.05) is 26.2 Å². The summed E-state index contributed by atoms with van der Waals surface area (Å²) >= 11 is 0. The molecule has 0 aromatic rings. The third kappa shape index (κ3) is 4.66. The number of amides is 2. The van der Waals surface area contributed by atoms with Gasteiger partial charge in [-0.2, -0.15) is 0 Å². The van der Waals surface area contributed by atoms with Crippen molar-refractivity contribution in [3.05, 3.63) is 0 Å². The van der Waals surface area contributed by atoms with Crippen LogP contribution in [-0.4, -0.2) is 89.2 Å². The van der Waals surface area contributed by atoms with E-state index in [1.54, 1.807) is 32.7 Å². The van der Waals surface area contributed by atoms with E-state index in [0.717, 1.165) is 19.5 Å². The Morgan fingerprint density at radius 2 is 1.81 bits per heavy atom. The molecule has 0 bridgehead atoms. The molecule has 26 heavy (non-hydrogen) atoms. The molecular weight excluding hydrogens is 338 g/mol. The van der Waals surface area contributed by atoms with Crippen LogP contribution < -0.4 is 0 Å². The summed E-state index contributed by atoms with van der Waals surface area (Å²) in [6, 6.07) is -1.11. The van der Waals surface area contributed by atoms with Gasteiger partial charge in [-0.05, 0) is 53.6 Å². The summed E-state index contributed by atoms with van der Waals surface area (Å²) in [6.07, 6.45) is 1.24. The lowest BCUT2D eigenvalue weighted by atomic mass is 9.87. The van der Waals surface area contributed by atoms with E-state index in [-0.39, 0.29) is 18.5 Å². The molecule has 2 fully saturated rings. The number of rotatable bonds is 3. The maximum absolute atomic E-state index is 13.0. The predicted octanol–water partition coefficient (Wildman–Crippen LogP) is 1.25. The lowest BCUT2D eigenvalue weighted by Crippen LogP contribution is -2.58. The normalized spacial score (nSPS) is 27.3. The Morgan fingerprint density at radius 3 is 2.31 bits per heavy atom. The molecule has 2 amide bonds. The summed E-state index contributed by atoms with van der Waals surface area (Å²) in [5.74, 6) is -2.11. The maximum atomic E-state index is 13.0. The van der Waals surface area contributed by atoms with Gasteiger partial charge in [0.2, 0.25) is 5.91 Å². The number of carboxylic acids is 1. The molecule has 2 rings (SSSR count). The number of aliphatic carboxylic acids is 1. The molecule has 8 heteroatoms. The van der Waals surface area contributed by atoms with E-state index < -0.39 is 29.6 Å². The number of carboxylic acid groups (broad SMARTS) is 1. The lowest BCUT2D eigenvalue weighted by molar-refractivity contribution is -0.154. The molecule has 0 aliphatic carbocycles. The first-order valence-corrected chi connectivity index (χ1v) is 9.19. The summed E-state index contributed by atoms with van der Waals surface area (Å²) < 4.78 is 5.35. The fourth-order valence-corrected chi connectivity index (χ4v) is 3.75. The number of ether oxygens (including phenoxy) is 1. The second-order valence-electron chi connectivity index (χ2n) is 8.36. The molecule has 2 aliphatic heterocycles. The van der Waals surface area contributed by atoms with Gasteiger partial charge in [0.25, 0.3) is 0 Å². The van der Waals surface area contributed by atoms with Crippen molar-refractivity contribution in [2.45, 2.75) is 57.7 Å². The molecule has 8 nitrogen and oxygen atoms in total. The van der Waals surface area contributed by atoms with Gasteiger partial charge in [-0.3, -0.25) is 9.69 Å². The summed E-state index contributed by atoms with van der Waals surface area (Å²) in [5.41, 5.74) is -0.720. The molecule has 2 heterocycles. The molecule has 1 unspecified atom stereocenters. The van der Waals surface area contributed by atoms with Crippen LogP contribution in [0.2, 0.25) is 0 Å². The molecule has 2 saturated heterocycles. The molecule has 2 aliphatic rings. The number of likely N-dealkylation sites (tertiary alicyclic amines) is 2. The van der Waals surface area contributed by atoms with Gasteiger partial charge in [-0.1, -0.05) is 0 Å². The standard InChI is InChI=1S/C18H31N3O5/c1-18(2,3)26-17(25)21-9-6-7-13(14(21)16(23)24)15(22)20(5)12-8-10-19(4)11-12/h12-14H,6-11H2,1-5H3,(H,23,24)/t12?,13-,14+/m0/s1. The van der Waals surface area contributed by atoms with Crippen molar-refractivity contribution >= 4 is 18.0 Å². The van der Waals surface area contributed by atoms with Crippen molar-refractivity contribution in [1.82, 2.24) is 14.7 Å². The van der Waals surface area contributed by atoms with Crippen molar-refractivity contribution in [1.29, 1.82) is 0 Å².